The van der Waals surface area contributed by atoms with Gasteiger partial charge in [-0.1, -0.05) is 12.1 Å². The molecule has 1 aromatic heterocycles. The summed E-state index contributed by atoms with van der Waals surface area (Å²) in [5.74, 6) is 1.48. The summed E-state index contributed by atoms with van der Waals surface area (Å²) >= 11 is 0. The molecule has 0 saturated heterocycles. The second-order valence-corrected chi connectivity index (χ2v) is 5.92. The summed E-state index contributed by atoms with van der Waals surface area (Å²) in [7, 11) is 1.31. The lowest BCUT2D eigenvalue weighted by atomic mass is 10.1. The highest BCUT2D eigenvalue weighted by molar-refractivity contribution is 5.99. The molecule has 0 radical (unpaired) electrons. The van der Waals surface area contributed by atoms with Gasteiger partial charge in [0.2, 0.25) is 0 Å². The standard InChI is InChI=1S/C20H21NO6/c1-4-25-17-7-5-6-13-8-14(11-26-18(13)17)19(22)21-10-15-9-16(12(2)27-15)20(23)24-3/h5-9H,4,10-11H2,1-3H3,(H,21,22). The first-order valence-electron chi connectivity index (χ1n) is 8.58. The fourth-order valence-corrected chi connectivity index (χ4v) is 2.80. The van der Waals surface area contributed by atoms with Crippen LogP contribution >= 0.6 is 0 Å². The van der Waals surface area contributed by atoms with Gasteiger partial charge in [0.1, 0.15) is 23.7 Å². The highest BCUT2D eigenvalue weighted by Gasteiger charge is 2.21. The molecule has 1 aliphatic rings. The van der Waals surface area contributed by atoms with Gasteiger partial charge in [-0.05, 0) is 32.1 Å². The van der Waals surface area contributed by atoms with Gasteiger partial charge < -0.3 is 23.9 Å². The maximum atomic E-state index is 12.4. The molecule has 1 aliphatic heterocycles. The van der Waals surface area contributed by atoms with Crippen molar-refractivity contribution in [2.45, 2.75) is 20.4 Å². The lowest BCUT2D eigenvalue weighted by molar-refractivity contribution is -0.118. The maximum absolute atomic E-state index is 12.4. The zero-order valence-electron chi connectivity index (χ0n) is 15.5. The Balaban J connectivity index is 1.69. The van der Waals surface area contributed by atoms with Crippen molar-refractivity contribution in [1.82, 2.24) is 5.32 Å². The molecule has 7 nitrogen and oxygen atoms in total. The Morgan fingerprint density at radius 2 is 2.11 bits per heavy atom. The molecule has 1 amide bonds. The lowest BCUT2D eigenvalue weighted by Gasteiger charge is -2.20. The maximum Gasteiger partial charge on any atom is 0.341 e. The molecule has 2 aromatic rings. The Morgan fingerprint density at radius 1 is 1.30 bits per heavy atom. The Hall–Kier alpha value is -3.22. The minimum Gasteiger partial charge on any atom is -0.490 e. The highest BCUT2D eigenvalue weighted by atomic mass is 16.5. The third-order valence-corrected chi connectivity index (χ3v) is 4.10. The van der Waals surface area contributed by atoms with E-state index in [2.05, 4.69) is 10.1 Å². The van der Waals surface area contributed by atoms with E-state index in [0.717, 1.165) is 5.56 Å². The third kappa shape index (κ3) is 3.97. The number of fused-ring (bicyclic) bond motifs is 1. The highest BCUT2D eigenvalue weighted by Crippen LogP contribution is 2.35. The molecule has 0 bridgehead atoms. The Labute approximate surface area is 156 Å². The monoisotopic (exact) mass is 371 g/mol. The average molecular weight is 371 g/mol. The summed E-state index contributed by atoms with van der Waals surface area (Å²) in [6.45, 7) is 4.40. The zero-order valence-corrected chi connectivity index (χ0v) is 15.5. The SMILES string of the molecule is CCOc1cccc2c1OCC(C(=O)NCc1cc(C(=O)OC)c(C)o1)=C2. The smallest absolute Gasteiger partial charge is 0.341 e. The van der Waals surface area contributed by atoms with Gasteiger partial charge in [0, 0.05) is 5.56 Å². The molecule has 27 heavy (non-hydrogen) atoms. The molecule has 0 fully saturated rings. The first-order valence-corrected chi connectivity index (χ1v) is 8.58. The Morgan fingerprint density at radius 3 is 2.85 bits per heavy atom. The Bertz CT molecular complexity index is 896. The molecular weight excluding hydrogens is 350 g/mol. The molecule has 2 heterocycles. The number of hydrogen-bond acceptors (Lipinski definition) is 6. The molecule has 0 aliphatic carbocycles. The molecule has 0 saturated carbocycles. The van der Waals surface area contributed by atoms with E-state index in [1.165, 1.54) is 7.11 Å². The van der Waals surface area contributed by atoms with Crippen molar-refractivity contribution < 1.29 is 28.2 Å². The second kappa shape index (κ2) is 7.99. The number of amides is 1. The number of methoxy groups -OCH3 is 1. The molecule has 1 aromatic carbocycles. The molecular formula is C20H21NO6. The van der Waals surface area contributed by atoms with E-state index in [-0.39, 0.29) is 19.1 Å². The number of para-hydroxylation sites is 1. The third-order valence-electron chi connectivity index (χ3n) is 4.10. The van der Waals surface area contributed by atoms with Crippen molar-refractivity contribution >= 4 is 18.0 Å². The number of ether oxygens (including phenoxy) is 3. The molecule has 0 atom stereocenters. The van der Waals surface area contributed by atoms with Gasteiger partial charge >= 0.3 is 5.97 Å². The van der Waals surface area contributed by atoms with Crippen molar-refractivity contribution in [1.29, 1.82) is 0 Å². The first-order chi connectivity index (χ1) is 13.0. The molecule has 142 valence electrons. The quantitative estimate of drug-likeness (QED) is 0.786. The summed E-state index contributed by atoms with van der Waals surface area (Å²) in [5, 5.41) is 2.77. The van der Waals surface area contributed by atoms with Gasteiger partial charge in [-0.15, -0.1) is 0 Å². The van der Waals surface area contributed by atoms with E-state index in [4.69, 9.17) is 13.9 Å². The minimum atomic E-state index is -0.473. The van der Waals surface area contributed by atoms with Crippen molar-refractivity contribution in [3.05, 3.63) is 52.5 Å². The van der Waals surface area contributed by atoms with Gasteiger partial charge in [-0.2, -0.15) is 0 Å². The van der Waals surface area contributed by atoms with E-state index >= 15 is 0 Å². The molecule has 7 heteroatoms. The predicted octanol–water partition coefficient (Wildman–Crippen LogP) is 2.87. The van der Waals surface area contributed by atoms with Crippen molar-refractivity contribution in [2.24, 2.45) is 0 Å². The van der Waals surface area contributed by atoms with Crippen LogP contribution in [0.5, 0.6) is 11.5 Å². The van der Waals surface area contributed by atoms with Crippen LogP contribution in [0.15, 0.2) is 34.3 Å². The number of aryl methyl sites for hydroxylation is 1. The average Bonchev–Trinajstić information content (AvgIpc) is 3.06. The first kappa shape index (κ1) is 18.6. The van der Waals surface area contributed by atoms with Crippen LogP contribution in [0.1, 0.15) is 34.4 Å². The predicted molar refractivity (Wildman–Crippen MR) is 97.7 cm³/mol. The van der Waals surface area contributed by atoms with E-state index < -0.39 is 5.97 Å². The van der Waals surface area contributed by atoms with Gasteiger partial charge in [0.25, 0.3) is 5.91 Å². The van der Waals surface area contributed by atoms with Crippen molar-refractivity contribution in [3.8, 4) is 11.5 Å². The molecule has 0 spiro atoms. The lowest BCUT2D eigenvalue weighted by Crippen LogP contribution is -2.28. The van der Waals surface area contributed by atoms with Crippen LogP contribution in [0.4, 0.5) is 0 Å². The molecule has 1 N–H and O–H groups in total. The molecule has 0 unspecified atom stereocenters. The summed E-state index contributed by atoms with van der Waals surface area (Å²) in [6, 6.07) is 7.11. The van der Waals surface area contributed by atoms with Crippen LogP contribution in [-0.4, -0.2) is 32.2 Å². The van der Waals surface area contributed by atoms with E-state index in [0.29, 0.717) is 40.8 Å². The number of carbonyl (C=O) groups excluding carboxylic acids is 2. The number of benzene rings is 1. The molecule has 3 rings (SSSR count). The van der Waals surface area contributed by atoms with Crippen LogP contribution in [-0.2, 0) is 16.1 Å². The number of carbonyl (C=O) groups is 2. The van der Waals surface area contributed by atoms with Crippen LogP contribution in [0, 0.1) is 6.92 Å². The largest absolute Gasteiger partial charge is 0.490 e. The van der Waals surface area contributed by atoms with Gasteiger partial charge in [0.05, 0.1) is 25.8 Å². The minimum absolute atomic E-state index is 0.146. The van der Waals surface area contributed by atoms with Crippen LogP contribution < -0.4 is 14.8 Å². The van der Waals surface area contributed by atoms with E-state index in [1.54, 1.807) is 19.1 Å². The van der Waals surface area contributed by atoms with Gasteiger partial charge in [-0.25, -0.2) is 4.79 Å². The topological polar surface area (TPSA) is 87.0 Å². The second-order valence-electron chi connectivity index (χ2n) is 5.92. The normalized spacial score (nSPS) is 12.5. The summed E-state index contributed by atoms with van der Waals surface area (Å²) in [5.41, 5.74) is 1.63. The summed E-state index contributed by atoms with van der Waals surface area (Å²) in [4.78, 5) is 24.1. The summed E-state index contributed by atoms with van der Waals surface area (Å²) in [6.07, 6.45) is 1.78. The van der Waals surface area contributed by atoms with E-state index in [1.807, 2.05) is 25.1 Å². The van der Waals surface area contributed by atoms with Gasteiger partial charge in [-0.3, -0.25) is 4.79 Å². The van der Waals surface area contributed by atoms with Crippen LogP contribution in [0.25, 0.3) is 6.08 Å². The number of nitrogens with one attached hydrogen (secondary N) is 1. The van der Waals surface area contributed by atoms with Crippen LogP contribution in [0.3, 0.4) is 0 Å². The summed E-state index contributed by atoms with van der Waals surface area (Å²) < 4.78 is 21.4. The van der Waals surface area contributed by atoms with Crippen molar-refractivity contribution in [3.63, 3.8) is 0 Å². The van der Waals surface area contributed by atoms with Crippen molar-refractivity contribution in [2.75, 3.05) is 20.3 Å². The fourth-order valence-electron chi connectivity index (χ4n) is 2.80. The van der Waals surface area contributed by atoms with Gasteiger partial charge in [0.15, 0.2) is 11.5 Å². The van der Waals surface area contributed by atoms with E-state index in [9.17, 15) is 9.59 Å². The van der Waals surface area contributed by atoms with Crippen LogP contribution in [0.2, 0.25) is 0 Å². The zero-order chi connectivity index (χ0) is 19.4. The number of furan rings is 1. The Kier molecular flexibility index (Phi) is 5.49. The number of hydrogen-bond donors (Lipinski definition) is 1. The number of rotatable bonds is 6. The number of esters is 1. The fraction of sp³-hybridized carbons (Fsp3) is 0.300.